The molecule has 0 unspecified atom stereocenters. The van der Waals surface area contributed by atoms with E-state index >= 15 is 0 Å². The number of benzene rings is 3. The molecule has 0 aliphatic heterocycles. The van der Waals surface area contributed by atoms with Crippen LogP contribution in [-0.4, -0.2) is 35.9 Å². The van der Waals surface area contributed by atoms with Crippen molar-refractivity contribution in [3.8, 4) is 28.5 Å². The van der Waals surface area contributed by atoms with Crippen LogP contribution in [0.25, 0.3) is 16.9 Å². The van der Waals surface area contributed by atoms with Crippen LogP contribution in [0.2, 0.25) is 0 Å². The number of urea groups is 1. The number of rotatable bonds is 6. The maximum atomic E-state index is 12.4. The fourth-order valence-electron chi connectivity index (χ4n) is 3.74. The first-order valence-corrected chi connectivity index (χ1v) is 11.9. The summed E-state index contributed by atoms with van der Waals surface area (Å²) in [6, 6.07) is 19.6. The molecule has 2 aromatic heterocycles. The second kappa shape index (κ2) is 10.1. The number of hydrogen-bond donors (Lipinski definition) is 6. The zero-order valence-electron chi connectivity index (χ0n) is 19.2. The maximum Gasteiger partial charge on any atom is 0.323 e. The van der Waals surface area contributed by atoms with Gasteiger partial charge in [-0.3, -0.25) is 0 Å². The van der Waals surface area contributed by atoms with Gasteiger partial charge in [0.1, 0.15) is 11.6 Å². The van der Waals surface area contributed by atoms with Crippen molar-refractivity contribution in [3.63, 3.8) is 0 Å². The molecule has 11 heteroatoms. The van der Waals surface area contributed by atoms with Crippen LogP contribution in [0.4, 0.5) is 22.0 Å². The van der Waals surface area contributed by atoms with Crippen LogP contribution < -0.4 is 16.0 Å². The smallest absolute Gasteiger partial charge is 0.323 e. The van der Waals surface area contributed by atoms with E-state index in [2.05, 4.69) is 42.0 Å². The number of halogens is 1. The third-order valence-corrected chi connectivity index (χ3v) is 6.06. The molecule has 0 radical (unpaired) electrons. The van der Waals surface area contributed by atoms with E-state index in [1.54, 1.807) is 35.0 Å². The van der Waals surface area contributed by atoms with Crippen LogP contribution >= 0.6 is 15.9 Å². The summed E-state index contributed by atoms with van der Waals surface area (Å²) in [5, 5.41) is 42.4. The molecule has 2 heterocycles. The molecule has 0 aliphatic carbocycles. The van der Waals surface area contributed by atoms with Gasteiger partial charge < -0.3 is 31.3 Å². The summed E-state index contributed by atoms with van der Waals surface area (Å²) in [6.45, 7) is 0.416. The van der Waals surface area contributed by atoms with Crippen molar-refractivity contribution in [3.05, 3.63) is 89.0 Å². The number of phenolic OH excluding ortho intramolecular Hbond substituents is 3. The van der Waals surface area contributed by atoms with E-state index in [0.29, 0.717) is 45.1 Å². The Hall–Kier alpha value is -4.77. The average molecular weight is 561 g/mol. The molecule has 0 bridgehead atoms. The molecule has 186 valence electrons. The molecular weight excluding hydrogens is 540 g/mol. The number of nitrogens with one attached hydrogen (secondary N) is 3. The van der Waals surface area contributed by atoms with Crippen molar-refractivity contribution < 1.29 is 20.1 Å². The van der Waals surface area contributed by atoms with Crippen molar-refractivity contribution >= 4 is 44.8 Å². The molecule has 3 aromatic carbocycles. The van der Waals surface area contributed by atoms with Crippen LogP contribution in [0.5, 0.6) is 17.2 Å². The first kappa shape index (κ1) is 23.9. The van der Waals surface area contributed by atoms with Gasteiger partial charge in [-0.1, -0.05) is 24.3 Å². The van der Waals surface area contributed by atoms with Crippen LogP contribution in [0.15, 0.2) is 83.5 Å². The van der Waals surface area contributed by atoms with Crippen LogP contribution in [0.1, 0.15) is 5.56 Å². The number of amides is 2. The minimum Gasteiger partial charge on any atom is -0.507 e. The predicted octanol–water partition coefficient (Wildman–Crippen LogP) is 5.53. The number of nitrogens with zero attached hydrogens (tertiary/aromatic N) is 3. The van der Waals surface area contributed by atoms with Gasteiger partial charge in [-0.05, 0) is 57.9 Å². The highest BCUT2D eigenvalue weighted by Crippen LogP contribution is 2.31. The third-order valence-electron chi connectivity index (χ3n) is 5.50. The van der Waals surface area contributed by atoms with Gasteiger partial charge >= 0.3 is 6.03 Å². The van der Waals surface area contributed by atoms with Gasteiger partial charge in [0.2, 0.25) is 0 Å². The predicted molar refractivity (Wildman–Crippen MR) is 144 cm³/mol. The third kappa shape index (κ3) is 5.26. The molecule has 10 nitrogen and oxygen atoms in total. The Morgan fingerprint density at radius 3 is 2.43 bits per heavy atom. The van der Waals surface area contributed by atoms with Crippen LogP contribution in [-0.2, 0) is 6.54 Å². The van der Waals surface area contributed by atoms with Crippen molar-refractivity contribution in [2.24, 2.45) is 0 Å². The minimum atomic E-state index is -0.500. The monoisotopic (exact) mass is 560 g/mol. The highest BCUT2D eigenvalue weighted by Gasteiger charge is 2.14. The molecule has 0 spiro atoms. The fourth-order valence-corrected chi connectivity index (χ4v) is 4.08. The molecule has 2 amide bonds. The molecule has 0 saturated carbocycles. The van der Waals surface area contributed by atoms with Gasteiger partial charge in [-0.2, -0.15) is 9.61 Å². The number of hydrogen-bond acceptors (Lipinski definition) is 7. The largest absolute Gasteiger partial charge is 0.507 e. The summed E-state index contributed by atoms with van der Waals surface area (Å²) >= 11 is 3.48. The van der Waals surface area contributed by atoms with Gasteiger partial charge in [0.15, 0.2) is 17.1 Å². The van der Waals surface area contributed by atoms with Gasteiger partial charge in [0, 0.05) is 35.6 Å². The Morgan fingerprint density at radius 1 is 0.865 bits per heavy atom. The molecule has 0 fully saturated rings. The van der Waals surface area contributed by atoms with E-state index in [1.807, 2.05) is 30.3 Å². The summed E-state index contributed by atoms with van der Waals surface area (Å²) in [7, 11) is 0. The highest BCUT2D eigenvalue weighted by atomic mass is 79.9. The molecule has 6 N–H and O–H groups in total. The summed E-state index contributed by atoms with van der Waals surface area (Å²) in [4.78, 5) is 17.0. The number of carbonyl (C=O) groups excluding carboxylic acids is 1. The Morgan fingerprint density at radius 2 is 1.65 bits per heavy atom. The lowest BCUT2D eigenvalue weighted by molar-refractivity contribution is 0.262. The number of aromatic hydroxyl groups is 3. The van der Waals surface area contributed by atoms with Gasteiger partial charge in [-0.15, -0.1) is 0 Å². The maximum absolute atomic E-state index is 12.4. The molecule has 5 rings (SSSR count). The standard InChI is InChI=1S/C26H21BrN6O4/c27-19-14-29-33-24(12-20(32-25(19)33)18-6-1-2-7-21(18)34)28-13-15-4-3-5-16(10-15)30-26(37)31-17-8-9-22(35)23(36)11-17/h1-12,14,28,34-36H,13H2,(H2,30,31,37). The zero-order valence-corrected chi connectivity index (χ0v) is 20.8. The second-order valence-corrected chi connectivity index (χ2v) is 8.96. The van der Waals surface area contributed by atoms with Crippen molar-refractivity contribution in [1.82, 2.24) is 14.6 Å². The quantitative estimate of drug-likeness (QED) is 0.118. The first-order chi connectivity index (χ1) is 17.9. The molecular formula is C26H21BrN6O4. The number of anilines is 3. The van der Waals surface area contributed by atoms with E-state index in [1.165, 1.54) is 18.2 Å². The lowest BCUT2D eigenvalue weighted by atomic mass is 10.1. The van der Waals surface area contributed by atoms with Crippen LogP contribution in [0.3, 0.4) is 0 Å². The van der Waals surface area contributed by atoms with E-state index in [-0.39, 0.29) is 17.2 Å². The summed E-state index contributed by atoms with van der Waals surface area (Å²) in [6.07, 6.45) is 1.65. The van der Waals surface area contributed by atoms with E-state index in [9.17, 15) is 20.1 Å². The Bertz CT molecular complexity index is 1620. The van der Waals surface area contributed by atoms with E-state index in [0.717, 1.165) is 5.56 Å². The summed E-state index contributed by atoms with van der Waals surface area (Å²) < 4.78 is 2.38. The lowest BCUT2D eigenvalue weighted by Gasteiger charge is -2.13. The topological polar surface area (TPSA) is 144 Å². The molecule has 0 saturated heterocycles. The zero-order chi connectivity index (χ0) is 25.9. The Balaban J connectivity index is 1.33. The second-order valence-electron chi connectivity index (χ2n) is 8.11. The molecule has 0 atom stereocenters. The van der Waals surface area contributed by atoms with Gasteiger partial charge in [0.25, 0.3) is 0 Å². The minimum absolute atomic E-state index is 0.125. The summed E-state index contributed by atoms with van der Waals surface area (Å²) in [5.74, 6) is 0.191. The number of fused-ring (bicyclic) bond motifs is 1. The number of para-hydroxylation sites is 1. The SMILES string of the molecule is O=C(Nc1cccc(CNc2cc(-c3ccccc3O)nc3c(Br)cnn23)c1)Nc1ccc(O)c(O)c1. The summed E-state index contributed by atoms with van der Waals surface area (Å²) in [5.41, 5.74) is 3.56. The highest BCUT2D eigenvalue weighted by molar-refractivity contribution is 9.10. The average Bonchev–Trinajstić information content (AvgIpc) is 3.26. The fraction of sp³-hybridized carbons (Fsp3) is 0.0385. The van der Waals surface area contributed by atoms with Crippen molar-refractivity contribution in [2.45, 2.75) is 6.54 Å². The number of phenols is 3. The normalized spacial score (nSPS) is 10.8. The lowest BCUT2D eigenvalue weighted by Crippen LogP contribution is -2.19. The van der Waals surface area contributed by atoms with Crippen molar-refractivity contribution in [2.75, 3.05) is 16.0 Å². The van der Waals surface area contributed by atoms with E-state index in [4.69, 9.17) is 0 Å². The van der Waals surface area contributed by atoms with E-state index < -0.39 is 6.03 Å². The van der Waals surface area contributed by atoms with Crippen molar-refractivity contribution in [1.29, 1.82) is 0 Å². The van der Waals surface area contributed by atoms with Gasteiger partial charge in [-0.25, -0.2) is 9.78 Å². The Labute approximate surface area is 219 Å². The number of carbonyl (C=O) groups is 1. The molecule has 0 aliphatic rings. The number of aromatic nitrogens is 3. The van der Waals surface area contributed by atoms with Gasteiger partial charge in [0.05, 0.1) is 16.4 Å². The van der Waals surface area contributed by atoms with Crippen LogP contribution in [0, 0.1) is 0 Å². The first-order valence-electron chi connectivity index (χ1n) is 11.1. The molecule has 5 aromatic rings. The Kier molecular flexibility index (Phi) is 6.52. The molecule has 37 heavy (non-hydrogen) atoms.